The normalized spacial score (nSPS) is 9.80. The summed E-state index contributed by atoms with van der Waals surface area (Å²) in [6.07, 6.45) is 0.307. The largest absolute Gasteiger partial charge is 0.497 e. The minimum atomic E-state index is -0.634. The fraction of sp³-hybridized carbons (Fsp3) is 0.167. The summed E-state index contributed by atoms with van der Waals surface area (Å²) in [5, 5.41) is 11.2. The van der Waals surface area contributed by atoms with Gasteiger partial charge in [-0.05, 0) is 51.8 Å². The van der Waals surface area contributed by atoms with Crippen LogP contribution in [-0.4, -0.2) is 25.6 Å². The zero-order chi connectivity index (χ0) is 18.2. The van der Waals surface area contributed by atoms with Gasteiger partial charge in [-0.2, -0.15) is 5.26 Å². The van der Waals surface area contributed by atoms with Crippen LogP contribution in [0.3, 0.4) is 0 Å². The zero-order valence-corrected chi connectivity index (χ0v) is 15.0. The zero-order valence-electron chi connectivity index (χ0n) is 13.4. The molecule has 6 nitrogen and oxygen atoms in total. The van der Waals surface area contributed by atoms with Crippen LogP contribution in [0.2, 0.25) is 0 Å². The molecule has 1 N–H and O–H groups in total. The van der Waals surface area contributed by atoms with E-state index in [4.69, 9.17) is 14.7 Å². The van der Waals surface area contributed by atoms with Gasteiger partial charge >= 0.3 is 5.97 Å². The Kier molecular flexibility index (Phi) is 6.54. The third kappa shape index (κ3) is 5.33. The van der Waals surface area contributed by atoms with Crippen molar-refractivity contribution in [2.75, 3.05) is 19.0 Å². The molecular weight excluding hydrogens is 388 g/mol. The van der Waals surface area contributed by atoms with Gasteiger partial charge in [0.05, 0.1) is 25.2 Å². The summed E-state index contributed by atoms with van der Waals surface area (Å²) < 4.78 is 10.6. The van der Waals surface area contributed by atoms with Gasteiger partial charge in [-0.3, -0.25) is 4.79 Å². The number of carbonyl (C=O) groups excluding carboxylic acids is 2. The van der Waals surface area contributed by atoms with Crippen LogP contribution in [0.15, 0.2) is 46.9 Å². The number of hydrogen-bond acceptors (Lipinski definition) is 5. The van der Waals surface area contributed by atoms with E-state index in [1.54, 1.807) is 36.4 Å². The molecular formula is C18H15BrN2O4. The number of methoxy groups -OCH3 is 1. The van der Waals surface area contributed by atoms with Crippen LogP contribution in [0, 0.1) is 11.3 Å². The Labute approximate surface area is 153 Å². The van der Waals surface area contributed by atoms with Crippen molar-refractivity contribution in [2.24, 2.45) is 0 Å². The summed E-state index contributed by atoms with van der Waals surface area (Å²) in [5.74, 6) is -0.581. The first-order valence-corrected chi connectivity index (χ1v) is 8.09. The first kappa shape index (κ1) is 18.5. The molecule has 0 aliphatic rings. The maximum absolute atomic E-state index is 12.1. The summed E-state index contributed by atoms with van der Waals surface area (Å²) in [5.41, 5.74) is 1.69. The molecule has 2 aromatic carbocycles. The lowest BCUT2D eigenvalue weighted by Gasteiger charge is -2.09. The molecule has 2 aromatic rings. The van der Waals surface area contributed by atoms with Gasteiger partial charge < -0.3 is 14.8 Å². The third-order valence-corrected chi connectivity index (χ3v) is 3.94. The molecule has 0 spiro atoms. The second kappa shape index (κ2) is 8.85. The Morgan fingerprint density at radius 2 is 1.92 bits per heavy atom. The molecule has 128 valence electrons. The second-order valence-corrected chi connectivity index (χ2v) is 5.86. The van der Waals surface area contributed by atoms with Crippen molar-refractivity contribution in [1.29, 1.82) is 5.26 Å². The van der Waals surface area contributed by atoms with Crippen molar-refractivity contribution >= 4 is 33.5 Å². The van der Waals surface area contributed by atoms with Crippen LogP contribution in [0.1, 0.15) is 15.9 Å². The van der Waals surface area contributed by atoms with Gasteiger partial charge in [-0.15, -0.1) is 0 Å². The van der Waals surface area contributed by atoms with Crippen LogP contribution < -0.4 is 10.1 Å². The molecule has 0 aliphatic heterocycles. The Hall–Kier alpha value is -2.85. The minimum Gasteiger partial charge on any atom is -0.497 e. The number of halogens is 1. The SMILES string of the molecule is COc1ccc(Br)c(C(=O)OCC(=O)Nc2ccc(CC#N)cc2)c1. The molecule has 1 amide bonds. The van der Waals surface area contributed by atoms with Gasteiger partial charge in [-0.1, -0.05) is 12.1 Å². The lowest BCUT2D eigenvalue weighted by Crippen LogP contribution is -2.21. The maximum atomic E-state index is 12.1. The third-order valence-electron chi connectivity index (χ3n) is 3.25. The molecule has 0 bridgehead atoms. The molecule has 0 aromatic heterocycles. The molecule has 0 heterocycles. The second-order valence-electron chi connectivity index (χ2n) is 5.00. The van der Waals surface area contributed by atoms with E-state index in [1.807, 2.05) is 6.07 Å². The van der Waals surface area contributed by atoms with Crippen LogP contribution in [-0.2, 0) is 16.0 Å². The standard InChI is InChI=1S/C18H15BrN2O4/c1-24-14-6-7-16(19)15(10-14)18(23)25-11-17(22)21-13-4-2-12(3-5-13)8-9-20/h2-7,10H,8,11H2,1H3,(H,21,22). The van der Waals surface area contributed by atoms with Crippen molar-refractivity contribution < 1.29 is 19.1 Å². The number of nitrogens with one attached hydrogen (secondary N) is 1. The van der Waals surface area contributed by atoms with Crippen molar-refractivity contribution in [1.82, 2.24) is 0 Å². The Balaban J connectivity index is 1.91. The van der Waals surface area contributed by atoms with Crippen LogP contribution in [0.25, 0.3) is 0 Å². The topological polar surface area (TPSA) is 88.4 Å². The number of anilines is 1. The number of hydrogen-bond donors (Lipinski definition) is 1. The van der Waals surface area contributed by atoms with Crippen molar-refractivity contribution in [2.45, 2.75) is 6.42 Å². The number of amides is 1. The van der Waals surface area contributed by atoms with Gasteiger partial charge in [0.25, 0.3) is 5.91 Å². The van der Waals surface area contributed by atoms with Gasteiger partial charge in [0.2, 0.25) is 0 Å². The number of esters is 1. The number of ether oxygens (including phenoxy) is 2. The minimum absolute atomic E-state index is 0.271. The quantitative estimate of drug-likeness (QED) is 0.748. The Morgan fingerprint density at radius 3 is 2.56 bits per heavy atom. The number of carbonyl (C=O) groups is 2. The van der Waals surface area contributed by atoms with E-state index < -0.39 is 18.5 Å². The van der Waals surface area contributed by atoms with E-state index in [2.05, 4.69) is 21.2 Å². The first-order chi connectivity index (χ1) is 12.0. The molecule has 0 unspecified atom stereocenters. The van der Waals surface area contributed by atoms with Gasteiger partial charge in [0.1, 0.15) is 5.75 Å². The van der Waals surface area contributed by atoms with E-state index in [1.165, 1.54) is 13.2 Å². The molecule has 0 aliphatic carbocycles. The average molecular weight is 403 g/mol. The lowest BCUT2D eigenvalue weighted by molar-refractivity contribution is -0.119. The number of nitrogens with zero attached hydrogens (tertiary/aromatic N) is 1. The molecule has 0 atom stereocenters. The Bertz CT molecular complexity index is 813. The van der Waals surface area contributed by atoms with Crippen LogP contribution in [0.5, 0.6) is 5.75 Å². The number of benzene rings is 2. The highest BCUT2D eigenvalue weighted by Gasteiger charge is 2.14. The van der Waals surface area contributed by atoms with Gasteiger partial charge in [0, 0.05) is 10.2 Å². The van der Waals surface area contributed by atoms with E-state index >= 15 is 0 Å². The smallest absolute Gasteiger partial charge is 0.339 e. The summed E-state index contributed by atoms with van der Waals surface area (Å²) in [6.45, 7) is -0.414. The first-order valence-electron chi connectivity index (χ1n) is 7.30. The number of nitriles is 1. The van der Waals surface area contributed by atoms with Gasteiger partial charge in [-0.25, -0.2) is 4.79 Å². The van der Waals surface area contributed by atoms with Crippen LogP contribution in [0.4, 0.5) is 5.69 Å². The molecule has 0 fully saturated rings. The highest BCUT2D eigenvalue weighted by molar-refractivity contribution is 9.10. The maximum Gasteiger partial charge on any atom is 0.339 e. The molecule has 0 saturated carbocycles. The van der Waals surface area contributed by atoms with E-state index in [-0.39, 0.29) is 5.56 Å². The lowest BCUT2D eigenvalue weighted by atomic mass is 10.1. The van der Waals surface area contributed by atoms with E-state index in [0.29, 0.717) is 22.3 Å². The number of rotatable bonds is 6. The van der Waals surface area contributed by atoms with Crippen LogP contribution >= 0.6 is 15.9 Å². The van der Waals surface area contributed by atoms with Crippen molar-refractivity contribution in [3.63, 3.8) is 0 Å². The Morgan fingerprint density at radius 1 is 1.20 bits per heavy atom. The monoisotopic (exact) mass is 402 g/mol. The average Bonchev–Trinajstić information content (AvgIpc) is 2.62. The molecule has 0 saturated heterocycles. The fourth-order valence-corrected chi connectivity index (χ4v) is 2.40. The highest BCUT2D eigenvalue weighted by Crippen LogP contribution is 2.23. The molecule has 7 heteroatoms. The van der Waals surface area contributed by atoms with Crippen molar-refractivity contribution in [3.8, 4) is 11.8 Å². The predicted molar refractivity (Wildman–Crippen MR) is 95.4 cm³/mol. The van der Waals surface area contributed by atoms with Gasteiger partial charge in [0.15, 0.2) is 6.61 Å². The predicted octanol–water partition coefficient (Wildman–Crippen LogP) is 3.32. The summed E-state index contributed by atoms with van der Waals surface area (Å²) >= 11 is 3.26. The molecule has 2 rings (SSSR count). The van der Waals surface area contributed by atoms with Crippen molar-refractivity contribution in [3.05, 3.63) is 58.1 Å². The summed E-state index contributed by atoms with van der Waals surface area (Å²) in [4.78, 5) is 24.0. The summed E-state index contributed by atoms with van der Waals surface area (Å²) in [7, 11) is 1.49. The molecule has 0 radical (unpaired) electrons. The highest BCUT2D eigenvalue weighted by atomic mass is 79.9. The molecule has 25 heavy (non-hydrogen) atoms. The van der Waals surface area contributed by atoms with E-state index in [0.717, 1.165) is 5.56 Å². The fourth-order valence-electron chi connectivity index (χ4n) is 1.99. The van der Waals surface area contributed by atoms with E-state index in [9.17, 15) is 9.59 Å². The summed E-state index contributed by atoms with van der Waals surface area (Å²) in [6, 6.07) is 13.8.